The minimum atomic E-state index is -0.648. The molecule has 0 aliphatic rings. The van der Waals surface area contributed by atoms with Crippen LogP contribution in [0, 0.1) is 10.6 Å². The molecule has 0 aliphatic heterocycles. The first kappa shape index (κ1) is 10.8. The number of carbonyl (C=O) groups excluding carboxylic acids is 1. The van der Waals surface area contributed by atoms with Crippen LogP contribution in [0.3, 0.4) is 0 Å². The number of guanidine groups is 1. The van der Waals surface area contributed by atoms with Gasteiger partial charge in [0, 0.05) is 13.1 Å². The second-order valence-corrected chi connectivity index (χ2v) is 2.62. The number of hydrogen-bond donors (Lipinski definition) is 4. The standard InChI is InChI=1S/C8H11N5O2/c1-10-7(9)12-8(14)11-6-4-2-3-5-13(6)15/h2-5H,1H3,(H4,9,10,11,12,14). The third kappa shape index (κ3) is 3.14. The second kappa shape index (κ2) is 4.80. The Labute approximate surface area is 86.2 Å². The molecule has 0 atom stereocenters. The fourth-order valence-corrected chi connectivity index (χ4v) is 0.849. The first-order chi connectivity index (χ1) is 7.13. The van der Waals surface area contributed by atoms with Gasteiger partial charge in [0.1, 0.15) is 0 Å². The summed E-state index contributed by atoms with van der Waals surface area (Å²) in [5.41, 5.74) is 0. The molecular formula is C8H11N5O2. The van der Waals surface area contributed by atoms with Gasteiger partial charge in [-0.1, -0.05) is 6.07 Å². The summed E-state index contributed by atoms with van der Waals surface area (Å²) in [6, 6.07) is 3.97. The van der Waals surface area contributed by atoms with Gasteiger partial charge in [-0.25, -0.2) is 9.52 Å². The molecule has 2 amide bonds. The molecular weight excluding hydrogens is 198 g/mol. The summed E-state index contributed by atoms with van der Waals surface area (Å²) in [5, 5.41) is 25.1. The van der Waals surface area contributed by atoms with Crippen molar-refractivity contribution in [1.29, 1.82) is 5.41 Å². The number of aromatic nitrogens is 1. The minimum absolute atomic E-state index is 0.0962. The van der Waals surface area contributed by atoms with Gasteiger partial charge >= 0.3 is 6.03 Å². The van der Waals surface area contributed by atoms with Crippen molar-refractivity contribution < 1.29 is 9.52 Å². The number of nitrogens with one attached hydrogen (secondary N) is 4. The van der Waals surface area contributed by atoms with Gasteiger partial charge in [0.05, 0.1) is 6.20 Å². The lowest BCUT2D eigenvalue weighted by molar-refractivity contribution is -0.590. The van der Waals surface area contributed by atoms with Crippen molar-refractivity contribution in [1.82, 2.24) is 10.6 Å². The van der Waals surface area contributed by atoms with Crippen LogP contribution in [0.4, 0.5) is 10.6 Å². The maximum absolute atomic E-state index is 11.2. The first-order valence-corrected chi connectivity index (χ1v) is 4.16. The summed E-state index contributed by atoms with van der Waals surface area (Å²) >= 11 is 0. The van der Waals surface area contributed by atoms with Crippen molar-refractivity contribution in [2.24, 2.45) is 0 Å². The van der Waals surface area contributed by atoms with E-state index in [1.165, 1.54) is 19.3 Å². The average Bonchev–Trinajstić information content (AvgIpc) is 2.21. The molecule has 0 bridgehead atoms. The highest BCUT2D eigenvalue weighted by molar-refractivity contribution is 6.00. The molecule has 1 aromatic rings. The van der Waals surface area contributed by atoms with Crippen LogP contribution in [0.2, 0.25) is 0 Å². The smallest absolute Gasteiger partial charge is 0.413 e. The lowest BCUT2D eigenvalue weighted by Crippen LogP contribution is -2.43. The lowest BCUT2D eigenvalue weighted by atomic mass is 10.4. The van der Waals surface area contributed by atoms with Crippen molar-refractivity contribution in [3.8, 4) is 0 Å². The van der Waals surface area contributed by atoms with Crippen molar-refractivity contribution >= 4 is 17.8 Å². The minimum Gasteiger partial charge on any atom is -0.711 e. The Morgan fingerprint density at radius 1 is 1.53 bits per heavy atom. The van der Waals surface area contributed by atoms with Gasteiger partial charge in [-0.05, 0) is 6.07 Å². The molecule has 80 valence electrons. The number of amides is 2. The van der Waals surface area contributed by atoms with Crippen molar-refractivity contribution in [2.75, 3.05) is 12.4 Å². The zero-order valence-electron chi connectivity index (χ0n) is 8.07. The maximum atomic E-state index is 11.2. The molecule has 0 unspecified atom stereocenters. The van der Waals surface area contributed by atoms with Gasteiger partial charge in [-0.15, -0.1) is 0 Å². The quantitative estimate of drug-likeness (QED) is 0.219. The molecule has 4 N–H and O–H groups in total. The zero-order valence-corrected chi connectivity index (χ0v) is 8.07. The average molecular weight is 209 g/mol. The van der Waals surface area contributed by atoms with Gasteiger partial charge in [-0.3, -0.25) is 10.7 Å². The van der Waals surface area contributed by atoms with E-state index < -0.39 is 6.03 Å². The molecule has 0 saturated carbocycles. The van der Waals surface area contributed by atoms with Crippen LogP contribution in [-0.4, -0.2) is 19.0 Å². The number of nitrogens with zero attached hydrogens (tertiary/aromatic N) is 1. The van der Waals surface area contributed by atoms with Gasteiger partial charge in [0.2, 0.25) is 0 Å². The van der Waals surface area contributed by atoms with E-state index in [1.54, 1.807) is 12.1 Å². The molecule has 0 aromatic carbocycles. The predicted molar refractivity (Wildman–Crippen MR) is 54.3 cm³/mol. The fourth-order valence-electron chi connectivity index (χ4n) is 0.849. The SMILES string of the molecule is CNC(=N)NC(=O)Nc1cccc[n+]1[O-]. The Balaban J connectivity index is 2.59. The van der Waals surface area contributed by atoms with Crippen molar-refractivity contribution in [2.45, 2.75) is 0 Å². The summed E-state index contributed by atoms with van der Waals surface area (Å²) in [6.07, 6.45) is 1.26. The van der Waals surface area contributed by atoms with Crippen LogP contribution in [0.1, 0.15) is 0 Å². The zero-order chi connectivity index (χ0) is 11.3. The number of rotatable bonds is 1. The van der Waals surface area contributed by atoms with E-state index >= 15 is 0 Å². The summed E-state index contributed by atoms with van der Waals surface area (Å²) < 4.78 is 0.516. The molecule has 0 spiro atoms. The van der Waals surface area contributed by atoms with E-state index in [0.717, 1.165) is 0 Å². The molecule has 1 aromatic heterocycles. The van der Waals surface area contributed by atoms with E-state index in [2.05, 4.69) is 16.0 Å². The van der Waals surface area contributed by atoms with E-state index in [0.29, 0.717) is 4.73 Å². The van der Waals surface area contributed by atoms with Crippen LogP contribution in [0.15, 0.2) is 24.4 Å². The summed E-state index contributed by atoms with van der Waals surface area (Å²) in [7, 11) is 1.50. The number of anilines is 1. The third-order valence-corrected chi connectivity index (χ3v) is 1.55. The molecule has 1 heterocycles. The Morgan fingerprint density at radius 3 is 2.87 bits per heavy atom. The van der Waals surface area contributed by atoms with Gasteiger partial charge in [0.25, 0.3) is 5.82 Å². The van der Waals surface area contributed by atoms with Crippen LogP contribution >= 0.6 is 0 Å². The Kier molecular flexibility index (Phi) is 3.44. The van der Waals surface area contributed by atoms with Crippen molar-refractivity contribution in [3.05, 3.63) is 29.6 Å². The van der Waals surface area contributed by atoms with Crippen molar-refractivity contribution in [3.63, 3.8) is 0 Å². The lowest BCUT2D eigenvalue weighted by Gasteiger charge is -2.07. The van der Waals surface area contributed by atoms with E-state index in [9.17, 15) is 10.0 Å². The summed E-state index contributed by atoms with van der Waals surface area (Å²) in [4.78, 5) is 11.2. The normalized spacial score (nSPS) is 9.13. The molecule has 0 aliphatic carbocycles. The fraction of sp³-hybridized carbons (Fsp3) is 0.125. The highest BCUT2D eigenvalue weighted by Gasteiger charge is 2.10. The summed E-state index contributed by atoms with van der Waals surface area (Å²) in [6.45, 7) is 0. The van der Waals surface area contributed by atoms with E-state index in [4.69, 9.17) is 5.41 Å². The number of pyridine rings is 1. The molecule has 7 nitrogen and oxygen atoms in total. The van der Waals surface area contributed by atoms with Gasteiger partial charge in [0.15, 0.2) is 5.96 Å². The Hall–Kier alpha value is -2.31. The van der Waals surface area contributed by atoms with Gasteiger partial charge < -0.3 is 10.5 Å². The third-order valence-electron chi connectivity index (χ3n) is 1.55. The molecule has 7 heteroatoms. The Morgan fingerprint density at radius 2 is 2.27 bits per heavy atom. The highest BCUT2D eigenvalue weighted by atomic mass is 16.5. The van der Waals surface area contributed by atoms with Crippen LogP contribution < -0.4 is 20.7 Å². The maximum Gasteiger partial charge on any atom is 0.413 e. The van der Waals surface area contributed by atoms with Crippen LogP contribution in [-0.2, 0) is 0 Å². The summed E-state index contributed by atoms with van der Waals surface area (Å²) in [5.74, 6) is -0.0558. The molecule has 0 saturated heterocycles. The van der Waals surface area contributed by atoms with E-state index in [-0.39, 0.29) is 11.8 Å². The Bertz CT molecular complexity index is 379. The van der Waals surface area contributed by atoms with Gasteiger partial charge in [-0.2, -0.15) is 5.32 Å². The molecule has 1 rings (SSSR count). The number of hydrogen-bond acceptors (Lipinski definition) is 3. The monoisotopic (exact) mass is 209 g/mol. The van der Waals surface area contributed by atoms with Crippen LogP contribution in [0.5, 0.6) is 0 Å². The molecule has 15 heavy (non-hydrogen) atoms. The molecule has 0 fully saturated rings. The molecule has 0 radical (unpaired) electrons. The highest BCUT2D eigenvalue weighted by Crippen LogP contribution is 1.96. The topological polar surface area (TPSA) is 104 Å². The number of urea groups is 1. The predicted octanol–water partition coefficient (Wildman–Crippen LogP) is -0.404. The van der Waals surface area contributed by atoms with E-state index in [1.807, 2.05) is 0 Å². The largest absolute Gasteiger partial charge is 0.711 e. The number of carbonyl (C=O) groups is 1. The first-order valence-electron chi connectivity index (χ1n) is 4.16. The second-order valence-electron chi connectivity index (χ2n) is 2.62. The van der Waals surface area contributed by atoms with Crippen LogP contribution in [0.25, 0.3) is 0 Å².